The van der Waals surface area contributed by atoms with E-state index in [1.54, 1.807) is 0 Å². The number of allylic oxidation sites excluding steroid dienone is 4. The van der Waals surface area contributed by atoms with Gasteiger partial charge in [-0.25, -0.2) is 0 Å². The molecule has 63 heavy (non-hydrogen) atoms. The summed E-state index contributed by atoms with van der Waals surface area (Å²) in [5.74, 6) is -10.4. The molecule has 5 heterocycles. The summed E-state index contributed by atoms with van der Waals surface area (Å²) in [6.07, 6.45) is -0.609. The molecule has 0 amide bonds. The first-order valence-corrected chi connectivity index (χ1v) is 19.2. The molecule has 0 saturated carbocycles. The summed E-state index contributed by atoms with van der Waals surface area (Å²) in [4.78, 5) is 107. The van der Waals surface area contributed by atoms with Crippen LogP contribution in [-0.4, -0.2) is 88.6 Å². The number of hydrogen-bond donors (Lipinski definition) is 8. The SMILES string of the molecule is C[C@@]1(CC(=O)O)C2=CC3=C(CCC(=O)O)[C@](C)(CC(=O)O)/C(=C/c4[n-]c(c(CCC(=O)O)c4CC(=O)O)/C=c4\[n-]/c(c(CC(=O)O)c4CCC(=O)O)=C\C(=C1CCC(=O)O)[N-]2)[N-]3.[Fe+4]. The molecule has 0 fully saturated rings. The Kier molecular flexibility index (Phi) is 15.1. The molecule has 3 aliphatic heterocycles. The average Bonchev–Trinajstić information content (AvgIpc) is 3.77. The van der Waals surface area contributed by atoms with Crippen LogP contribution in [0, 0.1) is 10.8 Å². The third-order valence-electron chi connectivity index (χ3n) is 11.1. The van der Waals surface area contributed by atoms with Gasteiger partial charge in [-0.1, -0.05) is 60.4 Å². The summed E-state index contributed by atoms with van der Waals surface area (Å²) >= 11 is 0. The summed E-state index contributed by atoms with van der Waals surface area (Å²) in [6, 6.07) is 0. The molecular weight excluding hydrogens is 872 g/mol. The Hall–Kier alpha value is -6.86. The van der Waals surface area contributed by atoms with Gasteiger partial charge >= 0.3 is 64.8 Å². The molecular formula is C42H42FeN4O16. The summed E-state index contributed by atoms with van der Waals surface area (Å²) < 4.78 is 0. The Morgan fingerprint density at radius 2 is 0.841 bits per heavy atom. The van der Waals surface area contributed by atoms with E-state index in [1.165, 1.54) is 38.2 Å². The number of carboxylic acids is 8. The molecule has 0 unspecified atom stereocenters. The largest absolute Gasteiger partial charge is 4.00 e. The van der Waals surface area contributed by atoms with Crippen LogP contribution >= 0.6 is 0 Å². The number of aliphatic carboxylic acids is 8. The Balaban J connectivity index is 0.00000871. The van der Waals surface area contributed by atoms with Crippen LogP contribution in [0.15, 0.2) is 40.0 Å². The van der Waals surface area contributed by atoms with E-state index in [-0.39, 0.29) is 121 Å². The zero-order valence-corrected chi connectivity index (χ0v) is 34.9. The number of hydrogen-bond acceptors (Lipinski definition) is 8. The minimum absolute atomic E-state index is 0. The van der Waals surface area contributed by atoms with E-state index in [0.717, 1.165) is 0 Å². The summed E-state index contributed by atoms with van der Waals surface area (Å²) in [5, 5.41) is 88.9. The smallest absolute Gasteiger partial charge is 0.661 e. The molecule has 8 N–H and O–H groups in total. The van der Waals surface area contributed by atoms with Gasteiger partial charge in [-0.15, -0.1) is 33.5 Å². The van der Waals surface area contributed by atoms with Crippen molar-refractivity contribution in [2.75, 3.05) is 0 Å². The van der Waals surface area contributed by atoms with Crippen LogP contribution in [0.3, 0.4) is 0 Å². The van der Waals surface area contributed by atoms with E-state index in [2.05, 4.69) is 9.97 Å². The molecule has 0 spiro atoms. The van der Waals surface area contributed by atoms with Gasteiger partial charge in [-0.05, 0) is 36.8 Å². The first-order valence-electron chi connectivity index (χ1n) is 19.2. The Bertz CT molecular complexity index is 2560. The molecule has 334 valence electrons. The van der Waals surface area contributed by atoms with E-state index in [9.17, 15) is 79.2 Å². The van der Waals surface area contributed by atoms with E-state index in [1.807, 2.05) is 0 Å². The van der Waals surface area contributed by atoms with Gasteiger partial charge in [0.25, 0.3) is 0 Å². The van der Waals surface area contributed by atoms with Crippen LogP contribution in [0.5, 0.6) is 0 Å². The van der Waals surface area contributed by atoms with Gasteiger partial charge in [-0.3, -0.25) is 38.4 Å². The summed E-state index contributed by atoms with van der Waals surface area (Å²) in [6.45, 7) is 2.97. The normalized spacial score (nSPS) is 20.7. The fourth-order valence-electron chi connectivity index (χ4n) is 8.27. The molecule has 20 nitrogen and oxygen atoms in total. The van der Waals surface area contributed by atoms with Crippen molar-refractivity contribution in [3.8, 4) is 0 Å². The molecule has 2 aromatic heterocycles. The van der Waals surface area contributed by atoms with Gasteiger partial charge < -0.3 is 61.5 Å². The number of fused-ring (bicyclic) bond motifs is 8. The Morgan fingerprint density at radius 3 is 1.30 bits per heavy atom. The van der Waals surface area contributed by atoms with Crippen molar-refractivity contribution >= 4 is 66.0 Å². The molecule has 21 heteroatoms. The molecule has 5 rings (SSSR count). The van der Waals surface area contributed by atoms with Crippen LogP contribution in [0.25, 0.3) is 28.9 Å². The first-order chi connectivity index (χ1) is 29.0. The van der Waals surface area contributed by atoms with Crippen molar-refractivity contribution in [3.63, 3.8) is 0 Å². The average molecular weight is 915 g/mol. The minimum Gasteiger partial charge on any atom is -0.661 e. The molecule has 0 radical (unpaired) electrons. The third-order valence-corrected chi connectivity index (χ3v) is 11.1. The van der Waals surface area contributed by atoms with Crippen molar-refractivity contribution < 1.29 is 96.3 Å². The maximum absolute atomic E-state index is 12.6. The number of carbonyl (C=O) groups is 8. The zero-order valence-electron chi connectivity index (χ0n) is 33.8. The number of nitrogens with zero attached hydrogens (tertiary/aromatic N) is 4. The maximum Gasteiger partial charge on any atom is 4.00 e. The number of aromatic nitrogens is 2. The second-order valence-electron chi connectivity index (χ2n) is 15.5. The minimum atomic E-state index is -1.61. The first kappa shape index (κ1) is 48.8. The number of rotatable bonds is 20. The van der Waals surface area contributed by atoms with Crippen molar-refractivity contribution in [2.24, 2.45) is 10.8 Å². The second kappa shape index (κ2) is 19.5. The molecule has 0 saturated heterocycles. The van der Waals surface area contributed by atoms with Crippen LogP contribution in [0.2, 0.25) is 0 Å². The predicted octanol–water partition coefficient (Wildman–Crippen LogP) is 2.71. The van der Waals surface area contributed by atoms with Gasteiger partial charge in [0.1, 0.15) is 0 Å². The molecule has 0 aromatic carbocycles. The van der Waals surface area contributed by atoms with Gasteiger partial charge in [-0.2, -0.15) is 11.4 Å². The zero-order chi connectivity index (χ0) is 45.8. The van der Waals surface area contributed by atoms with Crippen molar-refractivity contribution in [1.29, 1.82) is 0 Å². The van der Waals surface area contributed by atoms with E-state index >= 15 is 0 Å². The quantitative estimate of drug-likeness (QED) is 0.0885. The van der Waals surface area contributed by atoms with E-state index in [4.69, 9.17) is 10.6 Å². The van der Waals surface area contributed by atoms with E-state index in [0.29, 0.717) is 0 Å². The Labute approximate surface area is 368 Å². The second-order valence-corrected chi connectivity index (χ2v) is 15.5. The predicted molar refractivity (Wildman–Crippen MR) is 213 cm³/mol. The van der Waals surface area contributed by atoms with Crippen LogP contribution < -0.4 is 20.7 Å². The molecule has 0 aliphatic carbocycles. The van der Waals surface area contributed by atoms with E-state index < -0.39 is 110 Å². The standard InChI is InChI=1S/C42H42N4O16.Fe/c1-41(17-39(59)60)23(5-9-35(51)52)29-14-27-21(11-37(55)56)19(3-7-33(47)48)25(43-27)13-26-20(4-8-34(49)50)22(12-38(57)58)28(44-26)15-31-42(2,18-40(61)62)24(6-10-36(53)54)30(46-31)16-32(41)45-29;/h13-16H,3-12,17-18H2,1-2H3,(H,47,48)(H,49,50)(H,51,52)(H,53,54)(H,55,56)(H,57,58)(H,59,60)(H,61,62);/q-4;+4/b25-13-,27-14-,31-15-,32-16?;/t41-,42-;/m0./s1. The molecule has 3 aliphatic rings. The Morgan fingerprint density at radius 1 is 0.444 bits per heavy atom. The molecule has 8 bridgehead atoms. The van der Waals surface area contributed by atoms with Gasteiger partial charge in [0.05, 0.1) is 25.7 Å². The van der Waals surface area contributed by atoms with Crippen molar-refractivity contribution in [1.82, 2.24) is 9.97 Å². The number of carboxylic acid groups (broad SMARTS) is 8. The fourth-order valence-corrected chi connectivity index (χ4v) is 8.27. The molecule has 2 aromatic rings. The van der Waals surface area contributed by atoms with Crippen molar-refractivity contribution in [3.05, 3.63) is 95.0 Å². The van der Waals surface area contributed by atoms with Crippen molar-refractivity contribution in [2.45, 2.75) is 90.9 Å². The van der Waals surface area contributed by atoms with Gasteiger partial charge in [0.15, 0.2) is 0 Å². The van der Waals surface area contributed by atoms with Gasteiger partial charge in [0.2, 0.25) is 0 Å². The molecule has 2 atom stereocenters. The van der Waals surface area contributed by atoms with Crippen LogP contribution in [0.4, 0.5) is 0 Å². The summed E-state index contributed by atoms with van der Waals surface area (Å²) in [7, 11) is 0. The summed E-state index contributed by atoms with van der Waals surface area (Å²) in [5.41, 5.74) is -2.71. The maximum atomic E-state index is 12.6. The third kappa shape index (κ3) is 11.0. The van der Waals surface area contributed by atoms with Crippen LogP contribution in [0.1, 0.15) is 98.9 Å². The van der Waals surface area contributed by atoms with Crippen LogP contribution in [-0.2, 0) is 81.1 Å². The van der Waals surface area contributed by atoms with Gasteiger partial charge in [0, 0.05) is 36.5 Å². The topological polar surface area (TPSA) is 355 Å². The fraction of sp³-hybridized carbons (Fsp3) is 0.381. The monoisotopic (exact) mass is 914 g/mol.